The van der Waals surface area contributed by atoms with Crippen LogP contribution in [0.3, 0.4) is 0 Å². The summed E-state index contributed by atoms with van der Waals surface area (Å²) < 4.78 is 0. The first kappa shape index (κ1) is 10.3. The fraction of sp³-hybridized carbons (Fsp3) is 0.0833. The van der Waals surface area contributed by atoms with E-state index in [-0.39, 0.29) is 5.91 Å². The molecular formula is C12H11N3O. The van der Waals surface area contributed by atoms with Gasteiger partial charge >= 0.3 is 0 Å². The molecule has 0 unspecified atom stereocenters. The van der Waals surface area contributed by atoms with Gasteiger partial charge in [-0.1, -0.05) is 18.2 Å². The maximum absolute atomic E-state index is 11.8. The van der Waals surface area contributed by atoms with Crippen LogP contribution in [0.2, 0.25) is 0 Å². The Hall–Kier alpha value is -2.23. The molecule has 0 bridgehead atoms. The normalized spacial score (nSPS) is 9.81. The molecule has 0 radical (unpaired) electrons. The van der Waals surface area contributed by atoms with E-state index in [2.05, 4.69) is 15.5 Å². The summed E-state index contributed by atoms with van der Waals surface area (Å²) in [5.41, 5.74) is 2.11. The van der Waals surface area contributed by atoms with E-state index >= 15 is 0 Å². The summed E-state index contributed by atoms with van der Waals surface area (Å²) in [6.45, 7) is 1.94. The molecule has 80 valence electrons. The van der Waals surface area contributed by atoms with Crippen LogP contribution in [0.5, 0.6) is 0 Å². The smallest absolute Gasteiger partial charge is 0.276 e. The monoisotopic (exact) mass is 213 g/mol. The number of aromatic nitrogens is 2. The zero-order valence-corrected chi connectivity index (χ0v) is 8.84. The minimum atomic E-state index is -0.248. The lowest BCUT2D eigenvalue weighted by Gasteiger charge is -2.06. The number of hydrogen-bond donors (Lipinski definition) is 1. The van der Waals surface area contributed by atoms with Crippen molar-refractivity contribution in [1.82, 2.24) is 10.2 Å². The molecule has 0 aliphatic rings. The Morgan fingerprint density at radius 1 is 1.19 bits per heavy atom. The molecule has 4 heteroatoms. The average Bonchev–Trinajstić information content (AvgIpc) is 2.33. The minimum Gasteiger partial charge on any atom is -0.320 e. The van der Waals surface area contributed by atoms with Crippen LogP contribution >= 0.6 is 0 Å². The number of hydrogen-bond acceptors (Lipinski definition) is 3. The van der Waals surface area contributed by atoms with Gasteiger partial charge in [0, 0.05) is 11.9 Å². The summed E-state index contributed by atoms with van der Waals surface area (Å²) in [6, 6.07) is 10.9. The van der Waals surface area contributed by atoms with E-state index in [9.17, 15) is 4.79 Å². The second-order valence-corrected chi connectivity index (χ2v) is 3.38. The van der Waals surface area contributed by atoms with Crippen LogP contribution in [0.1, 0.15) is 16.1 Å². The SMILES string of the molecule is Cc1ccccc1NC(=O)c1cccnn1. The lowest BCUT2D eigenvalue weighted by Crippen LogP contribution is -2.14. The Labute approximate surface area is 93.3 Å². The van der Waals surface area contributed by atoms with E-state index in [0.29, 0.717) is 5.69 Å². The van der Waals surface area contributed by atoms with E-state index in [0.717, 1.165) is 11.3 Å². The molecule has 0 fully saturated rings. The summed E-state index contributed by atoms with van der Waals surface area (Å²) in [7, 11) is 0. The van der Waals surface area contributed by atoms with Crippen LogP contribution in [0.25, 0.3) is 0 Å². The van der Waals surface area contributed by atoms with Crippen molar-refractivity contribution in [2.75, 3.05) is 5.32 Å². The molecule has 1 aromatic heterocycles. The summed E-state index contributed by atoms with van der Waals surface area (Å²) >= 11 is 0. The van der Waals surface area contributed by atoms with Gasteiger partial charge in [0.1, 0.15) is 0 Å². The number of carbonyl (C=O) groups excluding carboxylic acids is 1. The maximum atomic E-state index is 11.8. The van der Waals surface area contributed by atoms with Crippen molar-refractivity contribution in [1.29, 1.82) is 0 Å². The van der Waals surface area contributed by atoms with Crippen molar-refractivity contribution >= 4 is 11.6 Å². The van der Waals surface area contributed by atoms with Gasteiger partial charge in [-0.3, -0.25) is 4.79 Å². The molecule has 0 spiro atoms. The number of nitrogens with one attached hydrogen (secondary N) is 1. The quantitative estimate of drug-likeness (QED) is 0.830. The first-order valence-electron chi connectivity index (χ1n) is 4.92. The standard InChI is InChI=1S/C12H11N3O/c1-9-5-2-3-6-10(9)14-12(16)11-7-4-8-13-15-11/h2-8H,1H3,(H,14,16). The highest BCUT2D eigenvalue weighted by Gasteiger charge is 2.07. The van der Waals surface area contributed by atoms with Crippen molar-refractivity contribution in [2.45, 2.75) is 6.92 Å². The second kappa shape index (κ2) is 4.53. The predicted octanol–water partition coefficient (Wildman–Crippen LogP) is 2.04. The third-order valence-electron chi connectivity index (χ3n) is 2.20. The molecule has 1 amide bonds. The number of benzene rings is 1. The molecule has 0 saturated carbocycles. The molecule has 0 aliphatic carbocycles. The number of carbonyl (C=O) groups is 1. The van der Waals surface area contributed by atoms with Crippen LogP contribution in [-0.2, 0) is 0 Å². The van der Waals surface area contributed by atoms with E-state index in [1.54, 1.807) is 12.1 Å². The highest BCUT2D eigenvalue weighted by Crippen LogP contribution is 2.13. The van der Waals surface area contributed by atoms with Crippen LogP contribution in [0, 0.1) is 6.92 Å². The predicted molar refractivity (Wildman–Crippen MR) is 61.2 cm³/mol. The lowest BCUT2D eigenvalue weighted by atomic mass is 10.2. The third-order valence-corrected chi connectivity index (χ3v) is 2.20. The van der Waals surface area contributed by atoms with Crippen molar-refractivity contribution in [3.63, 3.8) is 0 Å². The van der Waals surface area contributed by atoms with Crippen LogP contribution in [-0.4, -0.2) is 16.1 Å². The Bertz CT molecular complexity index is 497. The number of amides is 1. The van der Waals surface area contributed by atoms with Gasteiger partial charge in [0.25, 0.3) is 5.91 Å². The van der Waals surface area contributed by atoms with E-state index in [4.69, 9.17) is 0 Å². The molecule has 16 heavy (non-hydrogen) atoms. The average molecular weight is 213 g/mol. The van der Waals surface area contributed by atoms with Crippen molar-refractivity contribution < 1.29 is 4.79 Å². The van der Waals surface area contributed by atoms with Crippen molar-refractivity contribution in [3.8, 4) is 0 Å². The molecule has 1 heterocycles. The molecule has 0 saturated heterocycles. The molecule has 2 rings (SSSR count). The summed E-state index contributed by atoms with van der Waals surface area (Å²) in [4.78, 5) is 11.8. The molecule has 0 aliphatic heterocycles. The zero-order chi connectivity index (χ0) is 11.4. The first-order chi connectivity index (χ1) is 7.77. The highest BCUT2D eigenvalue weighted by molar-refractivity contribution is 6.03. The molecule has 0 atom stereocenters. The summed E-state index contributed by atoms with van der Waals surface area (Å²) in [5.74, 6) is -0.248. The number of anilines is 1. The number of aryl methyl sites for hydroxylation is 1. The van der Waals surface area contributed by atoms with Crippen LogP contribution in [0.4, 0.5) is 5.69 Å². The van der Waals surface area contributed by atoms with Gasteiger partial charge in [-0.25, -0.2) is 0 Å². The maximum Gasteiger partial charge on any atom is 0.276 e. The fourth-order valence-corrected chi connectivity index (χ4v) is 1.32. The number of para-hydroxylation sites is 1. The van der Waals surface area contributed by atoms with Gasteiger partial charge in [-0.2, -0.15) is 5.10 Å². The van der Waals surface area contributed by atoms with Gasteiger partial charge in [-0.05, 0) is 30.7 Å². The molecule has 1 N–H and O–H groups in total. The Morgan fingerprint density at radius 2 is 2.00 bits per heavy atom. The van der Waals surface area contributed by atoms with E-state index < -0.39 is 0 Å². The summed E-state index contributed by atoms with van der Waals surface area (Å²) in [6.07, 6.45) is 1.53. The van der Waals surface area contributed by atoms with Crippen molar-refractivity contribution in [2.24, 2.45) is 0 Å². The Kier molecular flexibility index (Phi) is 2.91. The molecule has 2 aromatic rings. The first-order valence-corrected chi connectivity index (χ1v) is 4.92. The van der Waals surface area contributed by atoms with Gasteiger partial charge < -0.3 is 5.32 Å². The Morgan fingerprint density at radius 3 is 2.69 bits per heavy atom. The van der Waals surface area contributed by atoms with Crippen molar-refractivity contribution in [3.05, 3.63) is 53.9 Å². The van der Waals surface area contributed by atoms with Gasteiger partial charge in [-0.15, -0.1) is 5.10 Å². The van der Waals surface area contributed by atoms with E-state index in [1.807, 2.05) is 31.2 Å². The minimum absolute atomic E-state index is 0.248. The van der Waals surface area contributed by atoms with Crippen LogP contribution in [0.15, 0.2) is 42.6 Å². The number of rotatable bonds is 2. The highest BCUT2D eigenvalue weighted by atomic mass is 16.1. The topological polar surface area (TPSA) is 54.9 Å². The molecule has 4 nitrogen and oxygen atoms in total. The fourth-order valence-electron chi connectivity index (χ4n) is 1.32. The largest absolute Gasteiger partial charge is 0.320 e. The lowest BCUT2D eigenvalue weighted by molar-refractivity contribution is 0.102. The van der Waals surface area contributed by atoms with Gasteiger partial charge in [0.2, 0.25) is 0 Å². The van der Waals surface area contributed by atoms with Gasteiger partial charge in [0.05, 0.1) is 0 Å². The second-order valence-electron chi connectivity index (χ2n) is 3.38. The van der Waals surface area contributed by atoms with E-state index in [1.165, 1.54) is 6.20 Å². The third kappa shape index (κ3) is 2.23. The zero-order valence-electron chi connectivity index (χ0n) is 8.84. The summed E-state index contributed by atoms with van der Waals surface area (Å²) in [5, 5.41) is 10.2. The number of nitrogens with zero attached hydrogens (tertiary/aromatic N) is 2. The Balaban J connectivity index is 2.18. The van der Waals surface area contributed by atoms with Gasteiger partial charge in [0.15, 0.2) is 5.69 Å². The molecular weight excluding hydrogens is 202 g/mol. The van der Waals surface area contributed by atoms with Crippen LogP contribution < -0.4 is 5.32 Å². The molecule has 1 aromatic carbocycles.